The van der Waals surface area contributed by atoms with Crippen LogP contribution in [-0.4, -0.2) is 55.5 Å². The zero-order chi connectivity index (χ0) is 26.5. The van der Waals surface area contributed by atoms with Crippen LogP contribution in [0.15, 0.2) is 36.4 Å². The number of carbonyl (C=O) groups excluding carboxylic acids is 3. The van der Waals surface area contributed by atoms with Gasteiger partial charge in [0.2, 0.25) is 5.91 Å². The van der Waals surface area contributed by atoms with Crippen LogP contribution in [0.3, 0.4) is 0 Å². The van der Waals surface area contributed by atoms with Crippen LogP contribution in [0.25, 0.3) is 0 Å². The van der Waals surface area contributed by atoms with Crippen LogP contribution in [0.1, 0.15) is 33.5 Å². The third kappa shape index (κ3) is 7.11. The van der Waals surface area contributed by atoms with Gasteiger partial charge in [0.1, 0.15) is 5.75 Å². The number of nitrogens with one attached hydrogen (secondary N) is 3. The number of amides is 4. The van der Waals surface area contributed by atoms with Gasteiger partial charge < -0.3 is 26.4 Å². The fourth-order valence-electron chi connectivity index (χ4n) is 3.99. The molecule has 12 heteroatoms. The molecule has 2 aromatic rings. The number of anilines is 1. The number of primary amides is 1. The topological polar surface area (TPSA) is 126 Å². The fraction of sp³-hybridized carbons (Fsp3) is 0.375. The molecule has 0 saturated carbocycles. The van der Waals surface area contributed by atoms with E-state index in [1.165, 1.54) is 0 Å². The highest BCUT2D eigenvalue weighted by Gasteiger charge is 2.32. The number of methoxy groups -OCH3 is 1. The predicted octanol–water partition coefficient (Wildman–Crippen LogP) is 2.63. The lowest BCUT2D eigenvalue weighted by Gasteiger charge is -2.18. The van der Waals surface area contributed by atoms with E-state index in [9.17, 15) is 27.6 Å². The van der Waals surface area contributed by atoms with Gasteiger partial charge in [-0.2, -0.15) is 13.2 Å². The van der Waals surface area contributed by atoms with E-state index in [4.69, 9.17) is 10.5 Å². The second-order valence-electron chi connectivity index (χ2n) is 8.51. The Hall–Kier alpha value is -3.80. The molecule has 9 nitrogen and oxygen atoms in total. The molecule has 0 radical (unpaired) electrons. The van der Waals surface area contributed by atoms with Crippen molar-refractivity contribution < 1.29 is 32.3 Å². The van der Waals surface area contributed by atoms with E-state index in [0.29, 0.717) is 25.2 Å². The maximum atomic E-state index is 13.1. The van der Waals surface area contributed by atoms with Crippen LogP contribution in [0, 0.1) is 6.92 Å². The molecule has 0 aromatic heterocycles. The number of halogens is 3. The average molecular weight is 508 g/mol. The van der Waals surface area contributed by atoms with Gasteiger partial charge in [-0.05, 0) is 54.8 Å². The van der Waals surface area contributed by atoms with Crippen LogP contribution in [0.2, 0.25) is 0 Å². The van der Waals surface area contributed by atoms with Crippen LogP contribution in [0.4, 0.5) is 23.7 Å². The van der Waals surface area contributed by atoms with E-state index in [1.54, 1.807) is 7.11 Å². The standard InChI is InChI=1S/C24H28F3N5O4/c1-14-9-18(36-2)5-3-15(14)12-32-8-7-17(13-32)30-21(33)11-29-22(34)19-10-16(24(25,26)27)4-6-20(19)31-23(28)35/h3-6,9-10,17H,7-8,11-13H2,1-2H3,(H,29,34)(H,30,33)(H3,28,31,35)/t17-/m0/s1. The highest BCUT2D eigenvalue weighted by molar-refractivity contribution is 6.04. The first-order valence-electron chi connectivity index (χ1n) is 11.2. The minimum Gasteiger partial charge on any atom is -0.497 e. The van der Waals surface area contributed by atoms with Gasteiger partial charge in [0.25, 0.3) is 5.91 Å². The molecular formula is C24H28F3N5O4. The summed E-state index contributed by atoms with van der Waals surface area (Å²) in [6.45, 7) is 3.66. The second kappa shape index (κ2) is 11.3. The molecule has 194 valence electrons. The molecule has 1 saturated heterocycles. The van der Waals surface area contributed by atoms with Crippen molar-refractivity contribution in [1.29, 1.82) is 0 Å². The smallest absolute Gasteiger partial charge is 0.416 e. The first-order chi connectivity index (χ1) is 17.0. The van der Waals surface area contributed by atoms with Gasteiger partial charge in [-0.1, -0.05) is 6.07 Å². The van der Waals surface area contributed by atoms with Crippen molar-refractivity contribution in [1.82, 2.24) is 15.5 Å². The zero-order valence-electron chi connectivity index (χ0n) is 19.9. The number of benzene rings is 2. The summed E-state index contributed by atoms with van der Waals surface area (Å²) < 4.78 is 44.5. The second-order valence-corrected chi connectivity index (χ2v) is 8.51. The Bertz CT molecular complexity index is 1140. The van der Waals surface area contributed by atoms with Crippen molar-refractivity contribution in [2.45, 2.75) is 32.1 Å². The van der Waals surface area contributed by atoms with Gasteiger partial charge in [0.15, 0.2) is 0 Å². The molecule has 2 aromatic carbocycles. The van der Waals surface area contributed by atoms with Crippen molar-refractivity contribution in [3.05, 3.63) is 58.7 Å². The maximum Gasteiger partial charge on any atom is 0.416 e. The number of likely N-dealkylation sites (tertiary alicyclic amines) is 1. The number of nitrogens with zero attached hydrogens (tertiary/aromatic N) is 1. The molecule has 1 fully saturated rings. The van der Waals surface area contributed by atoms with Crippen LogP contribution < -0.4 is 26.4 Å². The van der Waals surface area contributed by atoms with E-state index in [2.05, 4.69) is 20.9 Å². The Morgan fingerprint density at radius 2 is 1.92 bits per heavy atom. The monoisotopic (exact) mass is 507 g/mol. The number of hydrogen-bond acceptors (Lipinski definition) is 5. The summed E-state index contributed by atoms with van der Waals surface area (Å²) in [4.78, 5) is 38.3. The third-order valence-corrected chi connectivity index (χ3v) is 5.84. The number of hydrogen-bond donors (Lipinski definition) is 4. The summed E-state index contributed by atoms with van der Waals surface area (Å²) >= 11 is 0. The summed E-state index contributed by atoms with van der Waals surface area (Å²) in [5.41, 5.74) is 5.55. The lowest BCUT2D eigenvalue weighted by molar-refractivity contribution is -0.137. The van der Waals surface area contributed by atoms with Crippen molar-refractivity contribution in [3.8, 4) is 5.75 Å². The highest BCUT2D eigenvalue weighted by atomic mass is 19.4. The summed E-state index contributed by atoms with van der Waals surface area (Å²) in [7, 11) is 1.61. The number of rotatable bonds is 8. The average Bonchev–Trinajstić information content (AvgIpc) is 3.24. The van der Waals surface area contributed by atoms with Gasteiger partial charge in [0.05, 0.1) is 30.5 Å². The highest BCUT2D eigenvalue weighted by Crippen LogP contribution is 2.32. The van der Waals surface area contributed by atoms with Crippen LogP contribution in [-0.2, 0) is 17.5 Å². The van der Waals surface area contributed by atoms with Crippen molar-refractivity contribution in [2.24, 2.45) is 5.73 Å². The molecule has 1 atom stereocenters. The van der Waals surface area contributed by atoms with Crippen LogP contribution >= 0.6 is 0 Å². The van der Waals surface area contributed by atoms with Crippen molar-refractivity contribution >= 4 is 23.5 Å². The molecule has 0 bridgehead atoms. The summed E-state index contributed by atoms with van der Waals surface area (Å²) in [5, 5.41) is 7.24. The molecule has 1 aliphatic heterocycles. The summed E-state index contributed by atoms with van der Waals surface area (Å²) in [5.74, 6) is -0.650. The summed E-state index contributed by atoms with van der Waals surface area (Å²) in [6.07, 6.45) is -3.98. The van der Waals surface area contributed by atoms with E-state index < -0.39 is 41.7 Å². The molecule has 1 aliphatic rings. The Morgan fingerprint density at radius 3 is 2.56 bits per heavy atom. The van der Waals surface area contributed by atoms with E-state index >= 15 is 0 Å². The Kier molecular flexibility index (Phi) is 8.41. The number of carbonyl (C=O) groups is 3. The number of nitrogens with two attached hydrogens (primary N) is 1. The van der Waals surface area contributed by atoms with Crippen LogP contribution in [0.5, 0.6) is 5.75 Å². The quantitative estimate of drug-likeness (QED) is 0.437. The number of alkyl halides is 3. The lowest BCUT2D eigenvalue weighted by Crippen LogP contribution is -2.43. The van der Waals surface area contributed by atoms with Gasteiger partial charge >= 0.3 is 12.2 Å². The largest absolute Gasteiger partial charge is 0.497 e. The number of ether oxygens (including phenoxy) is 1. The summed E-state index contributed by atoms with van der Waals surface area (Å²) in [6, 6.07) is 6.93. The van der Waals surface area contributed by atoms with Crippen molar-refractivity contribution in [2.75, 3.05) is 32.1 Å². The molecule has 4 amide bonds. The number of urea groups is 1. The molecule has 0 spiro atoms. The fourth-order valence-corrected chi connectivity index (χ4v) is 3.99. The van der Waals surface area contributed by atoms with Gasteiger partial charge in [-0.25, -0.2) is 4.79 Å². The third-order valence-electron chi connectivity index (χ3n) is 5.84. The molecule has 3 rings (SSSR count). The Morgan fingerprint density at radius 1 is 1.17 bits per heavy atom. The lowest BCUT2D eigenvalue weighted by atomic mass is 10.1. The van der Waals surface area contributed by atoms with Gasteiger partial charge in [-0.3, -0.25) is 14.5 Å². The van der Waals surface area contributed by atoms with Crippen molar-refractivity contribution in [3.63, 3.8) is 0 Å². The van der Waals surface area contributed by atoms with Gasteiger partial charge in [-0.15, -0.1) is 0 Å². The number of aryl methyl sites for hydroxylation is 1. The molecule has 0 aliphatic carbocycles. The Balaban J connectivity index is 1.54. The maximum absolute atomic E-state index is 13.1. The minimum absolute atomic E-state index is 0.131. The first-order valence-corrected chi connectivity index (χ1v) is 11.2. The molecular weight excluding hydrogens is 479 g/mol. The molecule has 0 unspecified atom stereocenters. The van der Waals surface area contributed by atoms with E-state index in [-0.39, 0.29) is 11.7 Å². The molecule has 1 heterocycles. The molecule has 36 heavy (non-hydrogen) atoms. The van der Waals surface area contributed by atoms with Gasteiger partial charge in [0, 0.05) is 25.7 Å². The minimum atomic E-state index is -4.70. The Labute approximate surface area is 206 Å². The zero-order valence-corrected chi connectivity index (χ0v) is 19.9. The normalized spacial score (nSPS) is 15.9. The van der Waals surface area contributed by atoms with E-state index in [1.807, 2.05) is 25.1 Å². The SMILES string of the molecule is COc1ccc(CN2CC[C@H](NC(=O)CNC(=O)c3cc(C(F)(F)F)ccc3NC(N)=O)C2)c(C)c1. The molecule has 5 N–H and O–H groups in total. The predicted molar refractivity (Wildman–Crippen MR) is 127 cm³/mol. The van der Waals surface area contributed by atoms with E-state index in [0.717, 1.165) is 35.9 Å². The first kappa shape index (κ1) is 26.8.